The first-order chi connectivity index (χ1) is 9.11. The summed E-state index contributed by atoms with van der Waals surface area (Å²) in [4.78, 5) is 13.0. The van der Waals surface area contributed by atoms with Gasteiger partial charge in [-0.1, -0.05) is 28.1 Å². The number of thioether (sulfide) groups is 1. The van der Waals surface area contributed by atoms with Crippen molar-refractivity contribution in [2.75, 3.05) is 6.26 Å². The maximum atomic E-state index is 12.8. The quantitative estimate of drug-likeness (QED) is 0.449. The van der Waals surface area contributed by atoms with E-state index >= 15 is 0 Å². The van der Waals surface area contributed by atoms with E-state index in [1.807, 2.05) is 30.5 Å². The van der Waals surface area contributed by atoms with E-state index in [1.165, 1.54) is 24.3 Å². The van der Waals surface area contributed by atoms with Crippen LogP contribution in [0.25, 0.3) is 0 Å². The molecule has 0 saturated carbocycles. The second-order valence-electron chi connectivity index (χ2n) is 4.01. The number of benzene rings is 2. The summed E-state index contributed by atoms with van der Waals surface area (Å²) in [6, 6.07) is 13.4. The molecule has 0 heterocycles. The number of hydrogen-bond acceptors (Lipinski definition) is 2. The van der Waals surface area contributed by atoms with Gasteiger partial charge in [0.2, 0.25) is 0 Å². The Kier molecular flexibility index (Phi) is 4.77. The number of hydrogen-bond donors (Lipinski definition) is 0. The molecule has 0 fully saturated rings. The Morgan fingerprint density at radius 3 is 2.21 bits per heavy atom. The van der Waals surface area contributed by atoms with Crippen molar-refractivity contribution >= 4 is 33.5 Å². The fraction of sp³-hybridized carbons (Fsp3) is 0.133. The largest absolute Gasteiger partial charge is 0.293 e. The predicted octanol–water partition coefficient (Wildman–Crippen LogP) is 4.87. The lowest BCUT2D eigenvalue weighted by atomic mass is 10.0. The maximum Gasteiger partial charge on any atom is 0.180 e. The molecule has 0 aliphatic rings. The summed E-state index contributed by atoms with van der Waals surface area (Å²) in [7, 11) is 0. The zero-order valence-electron chi connectivity index (χ0n) is 10.3. The number of halogens is 2. The lowest BCUT2D eigenvalue weighted by molar-refractivity contribution is 0.0991. The number of carbonyl (C=O) groups excluding carboxylic acids is 1. The minimum Gasteiger partial charge on any atom is -0.293 e. The molecule has 0 aliphatic heterocycles. The van der Waals surface area contributed by atoms with Crippen LogP contribution < -0.4 is 0 Å². The van der Waals surface area contributed by atoms with E-state index in [0.717, 1.165) is 10.5 Å². The van der Waals surface area contributed by atoms with Crippen molar-refractivity contribution in [1.29, 1.82) is 0 Å². The number of ketones is 1. The van der Waals surface area contributed by atoms with E-state index in [4.69, 9.17) is 0 Å². The molecule has 0 saturated heterocycles. The lowest BCUT2D eigenvalue weighted by Gasteiger charge is -2.10. The van der Waals surface area contributed by atoms with Crippen molar-refractivity contribution in [3.8, 4) is 0 Å². The minimum atomic E-state index is -0.408. The van der Waals surface area contributed by atoms with E-state index in [-0.39, 0.29) is 11.6 Å². The Morgan fingerprint density at radius 1 is 1.11 bits per heavy atom. The monoisotopic (exact) mass is 338 g/mol. The second kappa shape index (κ2) is 6.35. The third kappa shape index (κ3) is 3.45. The lowest BCUT2D eigenvalue weighted by Crippen LogP contribution is -2.07. The molecule has 1 atom stereocenters. The van der Waals surface area contributed by atoms with E-state index < -0.39 is 4.83 Å². The van der Waals surface area contributed by atoms with Gasteiger partial charge in [0.25, 0.3) is 0 Å². The third-order valence-electron chi connectivity index (χ3n) is 2.77. The summed E-state index contributed by atoms with van der Waals surface area (Å²) in [6.07, 6.45) is 2.00. The molecule has 98 valence electrons. The first-order valence-electron chi connectivity index (χ1n) is 5.69. The predicted molar refractivity (Wildman–Crippen MR) is 80.6 cm³/mol. The van der Waals surface area contributed by atoms with Crippen LogP contribution in [0, 0.1) is 5.82 Å². The molecule has 1 unspecified atom stereocenters. The van der Waals surface area contributed by atoms with E-state index in [1.54, 1.807) is 11.8 Å². The van der Waals surface area contributed by atoms with Gasteiger partial charge in [-0.25, -0.2) is 4.39 Å². The highest BCUT2D eigenvalue weighted by Gasteiger charge is 2.18. The molecule has 0 aromatic heterocycles. The summed E-state index contributed by atoms with van der Waals surface area (Å²) < 4.78 is 12.8. The van der Waals surface area contributed by atoms with Crippen LogP contribution in [0.15, 0.2) is 53.4 Å². The normalized spacial score (nSPS) is 12.2. The Balaban J connectivity index is 2.20. The topological polar surface area (TPSA) is 17.1 Å². The standard InChI is InChI=1S/C15H12BrFOS/c1-19-13-8-4-10(5-9-13)14(16)15(18)11-2-6-12(17)7-3-11/h2-9,14H,1H3. The van der Waals surface area contributed by atoms with Gasteiger partial charge in [-0.3, -0.25) is 4.79 Å². The van der Waals surface area contributed by atoms with Crippen molar-refractivity contribution in [2.45, 2.75) is 9.72 Å². The van der Waals surface area contributed by atoms with Gasteiger partial charge in [0, 0.05) is 10.5 Å². The average Bonchev–Trinajstić information content (AvgIpc) is 2.46. The van der Waals surface area contributed by atoms with Crippen molar-refractivity contribution in [2.24, 2.45) is 0 Å². The Morgan fingerprint density at radius 2 is 1.68 bits per heavy atom. The van der Waals surface area contributed by atoms with Gasteiger partial charge in [0.1, 0.15) is 10.6 Å². The molecular formula is C15H12BrFOS. The molecule has 19 heavy (non-hydrogen) atoms. The molecule has 0 radical (unpaired) electrons. The number of carbonyl (C=O) groups is 1. The third-order valence-corrected chi connectivity index (χ3v) is 4.46. The number of rotatable bonds is 4. The fourth-order valence-corrected chi connectivity index (χ4v) is 2.66. The highest BCUT2D eigenvalue weighted by atomic mass is 79.9. The molecular weight excluding hydrogens is 327 g/mol. The van der Waals surface area contributed by atoms with Crippen molar-refractivity contribution in [1.82, 2.24) is 0 Å². The van der Waals surface area contributed by atoms with Gasteiger partial charge in [0.05, 0.1) is 0 Å². The molecule has 0 aliphatic carbocycles. The Labute approximate surface area is 124 Å². The molecule has 1 nitrogen and oxygen atoms in total. The average molecular weight is 339 g/mol. The number of Topliss-reactive ketones (excluding diaryl/α,β-unsaturated/α-hetero) is 1. The van der Waals surface area contributed by atoms with E-state index in [0.29, 0.717) is 5.56 Å². The second-order valence-corrected chi connectivity index (χ2v) is 5.80. The van der Waals surface area contributed by atoms with Crippen LogP contribution in [0.3, 0.4) is 0 Å². The van der Waals surface area contributed by atoms with E-state index in [9.17, 15) is 9.18 Å². The summed E-state index contributed by atoms with van der Waals surface area (Å²) in [5.41, 5.74) is 1.39. The Bertz CT molecular complexity index is 566. The molecule has 2 aromatic rings. The highest BCUT2D eigenvalue weighted by molar-refractivity contribution is 9.09. The minimum absolute atomic E-state index is 0.0723. The summed E-state index contributed by atoms with van der Waals surface area (Å²) in [5.74, 6) is -0.413. The maximum absolute atomic E-state index is 12.8. The molecule has 2 rings (SSSR count). The molecule has 4 heteroatoms. The van der Waals surface area contributed by atoms with Gasteiger partial charge in [0.15, 0.2) is 5.78 Å². The van der Waals surface area contributed by atoms with Gasteiger partial charge in [-0.05, 0) is 48.2 Å². The van der Waals surface area contributed by atoms with Crippen LogP contribution in [-0.2, 0) is 0 Å². The van der Waals surface area contributed by atoms with Crippen LogP contribution in [0.4, 0.5) is 4.39 Å². The van der Waals surface area contributed by atoms with Crippen LogP contribution in [0.5, 0.6) is 0 Å². The molecule has 0 N–H and O–H groups in total. The molecule has 0 spiro atoms. The molecule has 0 bridgehead atoms. The first-order valence-corrected chi connectivity index (χ1v) is 7.83. The fourth-order valence-electron chi connectivity index (χ4n) is 1.68. The number of alkyl halides is 1. The van der Waals surface area contributed by atoms with Crippen LogP contribution in [-0.4, -0.2) is 12.0 Å². The van der Waals surface area contributed by atoms with Crippen LogP contribution in [0.1, 0.15) is 20.7 Å². The van der Waals surface area contributed by atoms with Gasteiger partial charge in [-0.2, -0.15) is 0 Å². The molecule has 0 amide bonds. The van der Waals surface area contributed by atoms with Gasteiger partial charge in [-0.15, -0.1) is 11.8 Å². The summed E-state index contributed by atoms with van der Waals surface area (Å²) >= 11 is 5.06. The smallest absolute Gasteiger partial charge is 0.180 e. The summed E-state index contributed by atoms with van der Waals surface area (Å²) in [5, 5.41) is 0. The SMILES string of the molecule is CSc1ccc(C(Br)C(=O)c2ccc(F)cc2)cc1. The van der Waals surface area contributed by atoms with Gasteiger partial charge >= 0.3 is 0 Å². The van der Waals surface area contributed by atoms with Crippen molar-refractivity contribution in [3.05, 3.63) is 65.5 Å². The summed E-state index contributed by atoms with van der Waals surface area (Å²) in [6.45, 7) is 0. The molecule has 2 aromatic carbocycles. The van der Waals surface area contributed by atoms with Gasteiger partial charge < -0.3 is 0 Å². The van der Waals surface area contributed by atoms with E-state index in [2.05, 4.69) is 15.9 Å². The Hall–Kier alpha value is -1.13. The zero-order valence-corrected chi connectivity index (χ0v) is 12.7. The van der Waals surface area contributed by atoms with Crippen LogP contribution >= 0.6 is 27.7 Å². The van der Waals surface area contributed by atoms with Crippen molar-refractivity contribution < 1.29 is 9.18 Å². The van der Waals surface area contributed by atoms with Crippen molar-refractivity contribution in [3.63, 3.8) is 0 Å². The zero-order chi connectivity index (χ0) is 13.8. The van der Waals surface area contributed by atoms with Crippen LogP contribution in [0.2, 0.25) is 0 Å². The highest BCUT2D eigenvalue weighted by Crippen LogP contribution is 2.28. The first kappa shape index (κ1) is 14.3.